The smallest absolute Gasteiger partial charge is 0.0334 e. The Morgan fingerprint density at radius 2 is 2.24 bits per heavy atom. The van der Waals surface area contributed by atoms with Crippen LogP contribution in [-0.4, -0.2) is 36.6 Å². The van der Waals surface area contributed by atoms with Crippen molar-refractivity contribution in [3.05, 3.63) is 22.4 Å². The van der Waals surface area contributed by atoms with Crippen LogP contribution in [0.25, 0.3) is 0 Å². The zero-order valence-corrected chi connectivity index (χ0v) is 11.3. The molecule has 1 saturated carbocycles. The van der Waals surface area contributed by atoms with E-state index in [9.17, 15) is 0 Å². The second-order valence-corrected chi connectivity index (χ2v) is 6.26. The van der Waals surface area contributed by atoms with Crippen LogP contribution in [0.3, 0.4) is 0 Å². The van der Waals surface area contributed by atoms with Crippen molar-refractivity contribution in [2.75, 3.05) is 26.2 Å². The molecule has 1 aliphatic heterocycles. The Hall–Kier alpha value is -0.380. The van der Waals surface area contributed by atoms with Crippen molar-refractivity contribution in [3.63, 3.8) is 0 Å². The fraction of sp³-hybridized carbons (Fsp3) is 0.714. The number of hydrogen-bond donors (Lipinski definition) is 1. The summed E-state index contributed by atoms with van der Waals surface area (Å²) < 4.78 is 0. The van der Waals surface area contributed by atoms with Crippen molar-refractivity contribution < 1.29 is 0 Å². The topological polar surface area (TPSA) is 15.3 Å². The Bertz CT molecular complexity index is 341. The summed E-state index contributed by atoms with van der Waals surface area (Å²) in [5, 5.41) is 8.09. The van der Waals surface area contributed by atoms with E-state index in [4.69, 9.17) is 0 Å². The largest absolute Gasteiger partial charge is 0.314 e. The first kappa shape index (κ1) is 11.7. The van der Waals surface area contributed by atoms with Crippen LogP contribution in [0.1, 0.15) is 31.2 Å². The van der Waals surface area contributed by atoms with Gasteiger partial charge in [0.05, 0.1) is 0 Å². The van der Waals surface area contributed by atoms with Gasteiger partial charge in [-0.1, -0.05) is 12.8 Å². The van der Waals surface area contributed by atoms with Gasteiger partial charge in [0.1, 0.15) is 0 Å². The van der Waals surface area contributed by atoms with Gasteiger partial charge in [-0.05, 0) is 41.7 Å². The molecule has 0 bridgehead atoms. The molecule has 1 N–H and O–H groups in total. The molecule has 2 fully saturated rings. The lowest BCUT2D eigenvalue weighted by Gasteiger charge is -2.45. The van der Waals surface area contributed by atoms with Gasteiger partial charge in [-0.3, -0.25) is 4.90 Å². The first-order valence-electron chi connectivity index (χ1n) is 6.86. The summed E-state index contributed by atoms with van der Waals surface area (Å²) in [7, 11) is 0. The average Bonchev–Trinajstić information content (AvgIpc) is 3.00. The van der Waals surface area contributed by atoms with Crippen LogP contribution in [0.5, 0.6) is 0 Å². The summed E-state index contributed by atoms with van der Waals surface area (Å²) in [4.78, 5) is 2.77. The standard InChI is InChI=1S/C14H22N2S/c1-2-6-14(5-1)12-15-7-9-16(14)8-3-13-4-10-17-11-13/h4,10-11,15H,1-3,5-9,12H2. The molecule has 0 unspecified atom stereocenters. The maximum Gasteiger partial charge on any atom is 0.0334 e. The Labute approximate surface area is 108 Å². The molecule has 94 valence electrons. The molecule has 1 saturated heterocycles. The summed E-state index contributed by atoms with van der Waals surface area (Å²) in [5.74, 6) is 0. The molecule has 2 heterocycles. The molecular formula is C14H22N2S. The van der Waals surface area contributed by atoms with Crippen molar-refractivity contribution in [3.8, 4) is 0 Å². The molecule has 1 spiro atoms. The maximum absolute atomic E-state index is 3.60. The van der Waals surface area contributed by atoms with Crippen LogP contribution in [0.4, 0.5) is 0 Å². The first-order valence-corrected chi connectivity index (χ1v) is 7.80. The molecule has 0 atom stereocenters. The minimum atomic E-state index is 0.508. The van der Waals surface area contributed by atoms with Crippen molar-refractivity contribution in [1.29, 1.82) is 0 Å². The van der Waals surface area contributed by atoms with Crippen LogP contribution in [0.2, 0.25) is 0 Å². The number of piperazine rings is 1. The fourth-order valence-corrected chi connectivity index (χ4v) is 4.16. The summed E-state index contributed by atoms with van der Waals surface area (Å²) >= 11 is 1.82. The van der Waals surface area contributed by atoms with Crippen molar-refractivity contribution in [2.24, 2.45) is 0 Å². The fourth-order valence-electron chi connectivity index (χ4n) is 3.46. The molecule has 0 amide bonds. The summed E-state index contributed by atoms with van der Waals surface area (Å²) in [6.45, 7) is 4.88. The first-order chi connectivity index (χ1) is 8.39. The molecule has 1 aromatic rings. The third-order valence-electron chi connectivity index (χ3n) is 4.47. The number of nitrogens with one attached hydrogen (secondary N) is 1. The lowest BCUT2D eigenvalue weighted by molar-refractivity contribution is 0.0662. The second kappa shape index (κ2) is 5.09. The van der Waals surface area contributed by atoms with Crippen LogP contribution < -0.4 is 5.32 Å². The predicted octanol–water partition coefficient (Wildman–Crippen LogP) is 2.51. The van der Waals surface area contributed by atoms with E-state index in [1.807, 2.05) is 11.3 Å². The number of thiophene rings is 1. The third kappa shape index (κ3) is 2.42. The molecule has 17 heavy (non-hydrogen) atoms. The number of rotatable bonds is 3. The van der Waals surface area contributed by atoms with E-state index in [-0.39, 0.29) is 0 Å². The molecule has 3 rings (SSSR count). The zero-order valence-electron chi connectivity index (χ0n) is 10.5. The van der Waals surface area contributed by atoms with Gasteiger partial charge >= 0.3 is 0 Å². The summed E-state index contributed by atoms with van der Waals surface area (Å²) in [5.41, 5.74) is 2.02. The van der Waals surface area contributed by atoms with E-state index < -0.39 is 0 Å². The minimum Gasteiger partial charge on any atom is -0.314 e. The van der Waals surface area contributed by atoms with E-state index in [1.165, 1.54) is 63.8 Å². The average molecular weight is 250 g/mol. The Balaban J connectivity index is 1.63. The molecule has 3 heteroatoms. The highest BCUT2D eigenvalue weighted by Crippen LogP contribution is 2.36. The quantitative estimate of drug-likeness (QED) is 0.887. The Morgan fingerprint density at radius 3 is 3.00 bits per heavy atom. The normalized spacial score (nSPS) is 24.5. The van der Waals surface area contributed by atoms with E-state index in [2.05, 4.69) is 27.0 Å². The van der Waals surface area contributed by atoms with Gasteiger partial charge in [0, 0.05) is 31.7 Å². The molecule has 0 aromatic carbocycles. The lowest BCUT2D eigenvalue weighted by Crippen LogP contribution is -2.60. The zero-order chi connectivity index (χ0) is 11.6. The summed E-state index contributed by atoms with van der Waals surface area (Å²) in [6, 6.07) is 2.27. The Kier molecular flexibility index (Phi) is 3.50. The van der Waals surface area contributed by atoms with Crippen LogP contribution in [-0.2, 0) is 6.42 Å². The maximum atomic E-state index is 3.60. The van der Waals surface area contributed by atoms with Gasteiger partial charge in [-0.2, -0.15) is 11.3 Å². The SMILES string of the molecule is c1cc(CCN2CCNCC23CCCC3)cs1. The van der Waals surface area contributed by atoms with E-state index >= 15 is 0 Å². The van der Waals surface area contributed by atoms with Gasteiger partial charge in [-0.25, -0.2) is 0 Å². The number of nitrogens with zero attached hydrogens (tertiary/aromatic N) is 1. The highest BCUT2D eigenvalue weighted by atomic mass is 32.1. The predicted molar refractivity (Wildman–Crippen MR) is 73.7 cm³/mol. The molecule has 2 nitrogen and oxygen atoms in total. The van der Waals surface area contributed by atoms with E-state index in [0.717, 1.165) is 0 Å². The molecule has 0 radical (unpaired) electrons. The summed E-state index contributed by atoms with van der Waals surface area (Å²) in [6.07, 6.45) is 6.89. The van der Waals surface area contributed by atoms with Gasteiger partial charge in [0.2, 0.25) is 0 Å². The van der Waals surface area contributed by atoms with Gasteiger partial charge < -0.3 is 5.32 Å². The van der Waals surface area contributed by atoms with Crippen LogP contribution >= 0.6 is 11.3 Å². The van der Waals surface area contributed by atoms with Crippen molar-refractivity contribution in [1.82, 2.24) is 10.2 Å². The van der Waals surface area contributed by atoms with Crippen molar-refractivity contribution in [2.45, 2.75) is 37.6 Å². The molecule has 1 aliphatic carbocycles. The Morgan fingerprint density at radius 1 is 1.35 bits per heavy atom. The highest BCUT2D eigenvalue weighted by molar-refractivity contribution is 7.07. The van der Waals surface area contributed by atoms with Gasteiger partial charge in [-0.15, -0.1) is 0 Å². The van der Waals surface area contributed by atoms with Gasteiger partial charge in [0.15, 0.2) is 0 Å². The van der Waals surface area contributed by atoms with E-state index in [0.29, 0.717) is 5.54 Å². The van der Waals surface area contributed by atoms with Crippen LogP contribution in [0, 0.1) is 0 Å². The molecule has 1 aromatic heterocycles. The van der Waals surface area contributed by atoms with E-state index in [1.54, 1.807) is 0 Å². The second-order valence-electron chi connectivity index (χ2n) is 5.48. The van der Waals surface area contributed by atoms with Crippen molar-refractivity contribution >= 4 is 11.3 Å². The number of hydrogen-bond acceptors (Lipinski definition) is 3. The minimum absolute atomic E-state index is 0.508. The monoisotopic (exact) mass is 250 g/mol. The molecular weight excluding hydrogens is 228 g/mol. The third-order valence-corrected chi connectivity index (χ3v) is 5.20. The van der Waals surface area contributed by atoms with Crippen LogP contribution in [0.15, 0.2) is 16.8 Å². The van der Waals surface area contributed by atoms with Gasteiger partial charge in [0.25, 0.3) is 0 Å². The lowest BCUT2D eigenvalue weighted by atomic mass is 9.92. The highest BCUT2D eigenvalue weighted by Gasteiger charge is 2.40. The molecule has 2 aliphatic rings.